The van der Waals surface area contributed by atoms with E-state index in [1.807, 2.05) is 0 Å². The van der Waals surface area contributed by atoms with E-state index in [0.717, 1.165) is 0 Å². The van der Waals surface area contributed by atoms with Gasteiger partial charge in [-0.1, -0.05) is 23.2 Å². The van der Waals surface area contributed by atoms with E-state index in [1.54, 1.807) is 30.3 Å². The van der Waals surface area contributed by atoms with E-state index in [0.29, 0.717) is 33.5 Å². The minimum Gasteiger partial charge on any atom is -0.437 e. The number of hydrogen-bond acceptors (Lipinski definition) is 3. The van der Waals surface area contributed by atoms with Crippen molar-refractivity contribution in [1.29, 1.82) is 0 Å². The summed E-state index contributed by atoms with van der Waals surface area (Å²) in [5.74, 6) is 0.769. The number of hydrogen-bond donors (Lipinski definition) is 0. The zero-order valence-electron chi connectivity index (χ0n) is 8.56. The van der Waals surface area contributed by atoms with Crippen LogP contribution in [0, 0.1) is 0 Å². The van der Waals surface area contributed by atoms with Gasteiger partial charge in [0.1, 0.15) is 5.75 Å². The molecule has 0 aliphatic heterocycles. The van der Waals surface area contributed by atoms with Crippen molar-refractivity contribution in [2.75, 3.05) is 0 Å². The SMILES string of the molecule is O=Cc1ccc(Oc2cc(Cl)ccc2Cl)nc1. The van der Waals surface area contributed by atoms with Gasteiger partial charge in [0.15, 0.2) is 6.29 Å². The maximum absolute atomic E-state index is 10.5. The predicted octanol–water partition coefficient (Wildman–Crippen LogP) is 3.99. The van der Waals surface area contributed by atoms with E-state index < -0.39 is 0 Å². The number of ether oxygens (including phenoxy) is 1. The maximum Gasteiger partial charge on any atom is 0.219 e. The van der Waals surface area contributed by atoms with Gasteiger partial charge in [0.2, 0.25) is 5.88 Å². The molecule has 86 valence electrons. The van der Waals surface area contributed by atoms with Crippen LogP contribution in [0.5, 0.6) is 11.6 Å². The minimum absolute atomic E-state index is 0.347. The second-order valence-corrected chi connectivity index (χ2v) is 4.07. The van der Waals surface area contributed by atoms with Gasteiger partial charge in [-0.3, -0.25) is 4.79 Å². The molecule has 0 N–H and O–H groups in total. The van der Waals surface area contributed by atoms with Crippen LogP contribution in [0.25, 0.3) is 0 Å². The van der Waals surface area contributed by atoms with Crippen LogP contribution in [-0.4, -0.2) is 11.3 Å². The van der Waals surface area contributed by atoms with Crippen molar-refractivity contribution in [2.24, 2.45) is 0 Å². The standard InChI is InChI=1S/C12H7Cl2NO2/c13-9-2-3-10(14)11(5-9)17-12-4-1-8(7-16)6-15-12/h1-7H. The summed E-state index contributed by atoms with van der Waals surface area (Å²) >= 11 is 11.8. The van der Waals surface area contributed by atoms with Gasteiger partial charge in [-0.05, 0) is 18.2 Å². The Labute approximate surface area is 108 Å². The van der Waals surface area contributed by atoms with Crippen LogP contribution >= 0.6 is 23.2 Å². The van der Waals surface area contributed by atoms with Gasteiger partial charge in [0.05, 0.1) is 5.02 Å². The van der Waals surface area contributed by atoms with Gasteiger partial charge in [-0.25, -0.2) is 4.98 Å². The Morgan fingerprint density at radius 1 is 1.18 bits per heavy atom. The highest BCUT2D eigenvalue weighted by atomic mass is 35.5. The maximum atomic E-state index is 10.5. The first kappa shape index (κ1) is 11.9. The molecule has 1 aromatic carbocycles. The molecular formula is C12H7Cl2NO2. The molecular weight excluding hydrogens is 261 g/mol. The first-order valence-corrected chi connectivity index (χ1v) is 5.49. The monoisotopic (exact) mass is 267 g/mol. The number of pyridine rings is 1. The van der Waals surface area contributed by atoms with Crippen LogP contribution in [0.3, 0.4) is 0 Å². The highest BCUT2D eigenvalue weighted by molar-refractivity contribution is 6.34. The van der Waals surface area contributed by atoms with Crippen molar-refractivity contribution >= 4 is 29.5 Å². The van der Waals surface area contributed by atoms with Crippen LogP contribution in [0.4, 0.5) is 0 Å². The molecule has 0 aliphatic carbocycles. The molecule has 2 aromatic rings. The third kappa shape index (κ3) is 2.96. The van der Waals surface area contributed by atoms with Crippen molar-refractivity contribution in [3.8, 4) is 11.6 Å². The summed E-state index contributed by atoms with van der Waals surface area (Å²) in [5, 5.41) is 0.963. The number of nitrogens with zero attached hydrogens (tertiary/aromatic N) is 1. The molecule has 1 heterocycles. The Hall–Kier alpha value is -1.58. The van der Waals surface area contributed by atoms with Gasteiger partial charge in [0, 0.05) is 28.9 Å². The number of aldehydes is 1. The summed E-state index contributed by atoms with van der Waals surface area (Å²) < 4.78 is 5.45. The zero-order valence-corrected chi connectivity index (χ0v) is 10.1. The summed E-state index contributed by atoms with van der Waals surface area (Å²) in [6.07, 6.45) is 2.13. The molecule has 0 saturated heterocycles. The normalized spacial score (nSPS) is 10.0. The van der Waals surface area contributed by atoms with Gasteiger partial charge >= 0.3 is 0 Å². The third-order valence-corrected chi connectivity index (χ3v) is 2.55. The lowest BCUT2D eigenvalue weighted by Gasteiger charge is -2.06. The molecule has 0 atom stereocenters. The van der Waals surface area contributed by atoms with Crippen LogP contribution in [-0.2, 0) is 0 Å². The Morgan fingerprint density at radius 3 is 2.65 bits per heavy atom. The summed E-state index contributed by atoms with van der Waals surface area (Å²) in [6.45, 7) is 0. The van der Waals surface area contributed by atoms with Crippen molar-refractivity contribution in [2.45, 2.75) is 0 Å². The third-order valence-electron chi connectivity index (χ3n) is 2.00. The molecule has 0 bridgehead atoms. The molecule has 0 fully saturated rings. The fourth-order valence-corrected chi connectivity index (χ4v) is 1.51. The quantitative estimate of drug-likeness (QED) is 0.790. The highest BCUT2D eigenvalue weighted by Crippen LogP contribution is 2.30. The van der Waals surface area contributed by atoms with E-state index >= 15 is 0 Å². The Morgan fingerprint density at radius 2 is 2.00 bits per heavy atom. The van der Waals surface area contributed by atoms with Crippen molar-refractivity contribution in [3.05, 3.63) is 52.1 Å². The van der Waals surface area contributed by atoms with Gasteiger partial charge in [0.25, 0.3) is 0 Å². The topological polar surface area (TPSA) is 39.2 Å². The molecule has 0 aliphatic rings. The minimum atomic E-state index is 0.347. The average molecular weight is 268 g/mol. The van der Waals surface area contributed by atoms with Gasteiger partial charge < -0.3 is 4.74 Å². The van der Waals surface area contributed by atoms with Crippen LogP contribution < -0.4 is 4.74 Å². The zero-order chi connectivity index (χ0) is 12.3. The number of carbonyl (C=O) groups excluding carboxylic acids is 1. The Kier molecular flexibility index (Phi) is 3.61. The number of carbonyl (C=O) groups is 1. The highest BCUT2D eigenvalue weighted by Gasteiger charge is 2.05. The fourth-order valence-electron chi connectivity index (χ4n) is 1.19. The van der Waals surface area contributed by atoms with Gasteiger partial charge in [-0.2, -0.15) is 0 Å². The molecule has 0 amide bonds. The van der Waals surface area contributed by atoms with Crippen molar-refractivity contribution in [3.63, 3.8) is 0 Å². The molecule has 0 spiro atoms. The summed E-state index contributed by atoms with van der Waals surface area (Å²) in [5.41, 5.74) is 0.481. The fraction of sp³-hybridized carbons (Fsp3) is 0. The lowest BCUT2D eigenvalue weighted by atomic mass is 10.3. The van der Waals surface area contributed by atoms with Crippen LogP contribution in [0.15, 0.2) is 36.5 Å². The van der Waals surface area contributed by atoms with Crippen LogP contribution in [0.2, 0.25) is 10.0 Å². The lowest BCUT2D eigenvalue weighted by Crippen LogP contribution is -1.90. The van der Waals surface area contributed by atoms with Crippen molar-refractivity contribution < 1.29 is 9.53 Å². The summed E-state index contributed by atoms with van der Waals surface area (Å²) in [4.78, 5) is 14.4. The number of benzene rings is 1. The van der Waals surface area contributed by atoms with Crippen molar-refractivity contribution in [1.82, 2.24) is 4.98 Å². The largest absolute Gasteiger partial charge is 0.437 e. The number of aromatic nitrogens is 1. The smallest absolute Gasteiger partial charge is 0.219 e. The summed E-state index contributed by atoms with van der Waals surface area (Å²) in [6, 6.07) is 8.09. The second-order valence-electron chi connectivity index (χ2n) is 3.22. The molecule has 0 radical (unpaired) electrons. The molecule has 0 unspecified atom stereocenters. The first-order valence-electron chi connectivity index (χ1n) is 4.73. The lowest BCUT2D eigenvalue weighted by molar-refractivity contribution is 0.112. The number of halogens is 2. The number of rotatable bonds is 3. The molecule has 17 heavy (non-hydrogen) atoms. The average Bonchev–Trinajstić information content (AvgIpc) is 2.35. The molecule has 0 saturated carbocycles. The second kappa shape index (κ2) is 5.17. The predicted molar refractivity (Wildman–Crippen MR) is 66.2 cm³/mol. The van der Waals surface area contributed by atoms with E-state index in [1.165, 1.54) is 6.20 Å². The Bertz CT molecular complexity index is 541. The van der Waals surface area contributed by atoms with Crippen LogP contribution in [0.1, 0.15) is 10.4 Å². The molecule has 5 heteroatoms. The van der Waals surface area contributed by atoms with E-state index in [2.05, 4.69) is 4.98 Å². The van der Waals surface area contributed by atoms with E-state index in [-0.39, 0.29) is 0 Å². The molecule has 1 aromatic heterocycles. The Balaban J connectivity index is 2.24. The molecule has 3 nitrogen and oxygen atoms in total. The van der Waals surface area contributed by atoms with E-state index in [9.17, 15) is 4.79 Å². The van der Waals surface area contributed by atoms with E-state index in [4.69, 9.17) is 27.9 Å². The van der Waals surface area contributed by atoms with Gasteiger partial charge in [-0.15, -0.1) is 0 Å². The molecule has 2 rings (SSSR count). The summed E-state index contributed by atoms with van der Waals surface area (Å²) in [7, 11) is 0. The first-order chi connectivity index (χ1) is 8.19.